The highest BCUT2D eigenvalue weighted by Gasteiger charge is 2.19. The number of nitro groups is 1. The lowest BCUT2D eigenvalue weighted by atomic mass is 10.0. The van der Waals surface area contributed by atoms with Crippen molar-refractivity contribution in [2.45, 2.75) is 26.3 Å². The molecule has 27 heavy (non-hydrogen) atoms. The maximum atomic E-state index is 12.5. The number of rotatable bonds is 9. The summed E-state index contributed by atoms with van der Waals surface area (Å²) in [5.41, 5.74) is 6.81. The Kier molecular flexibility index (Phi) is 7.31. The quantitative estimate of drug-likeness (QED) is 0.401. The number of hydrogen-bond donors (Lipinski definition) is 2. The van der Waals surface area contributed by atoms with Gasteiger partial charge in [0.15, 0.2) is 0 Å². The summed E-state index contributed by atoms with van der Waals surface area (Å²) < 4.78 is 0. The minimum Gasteiger partial charge on any atom is -0.393 e. The van der Waals surface area contributed by atoms with Gasteiger partial charge in [0.25, 0.3) is 11.6 Å². The van der Waals surface area contributed by atoms with Crippen LogP contribution in [0.2, 0.25) is 0 Å². The maximum absolute atomic E-state index is 12.5. The highest BCUT2D eigenvalue weighted by molar-refractivity contribution is 5.95. The van der Waals surface area contributed by atoms with Crippen molar-refractivity contribution in [3.63, 3.8) is 0 Å². The van der Waals surface area contributed by atoms with E-state index in [1.807, 2.05) is 18.2 Å². The summed E-state index contributed by atoms with van der Waals surface area (Å²) in [6.07, 6.45) is 0.810. The Morgan fingerprint density at radius 3 is 2.44 bits per heavy atom. The molecule has 1 amide bonds. The maximum Gasteiger partial charge on any atom is 0.292 e. The molecule has 0 radical (unpaired) electrons. The molecule has 1 atom stereocenters. The number of nitrogen functional groups attached to an aromatic ring is 1. The van der Waals surface area contributed by atoms with Gasteiger partial charge in [-0.2, -0.15) is 0 Å². The summed E-state index contributed by atoms with van der Waals surface area (Å²) in [6.45, 7) is 6.38. The van der Waals surface area contributed by atoms with Crippen molar-refractivity contribution in [3.8, 4) is 0 Å². The van der Waals surface area contributed by atoms with E-state index in [1.165, 1.54) is 23.8 Å². The first-order valence-corrected chi connectivity index (χ1v) is 9.06. The van der Waals surface area contributed by atoms with Gasteiger partial charge in [0.05, 0.1) is 4.92 Å². The predicted octanol–water partition coefficient (Wildman–Crippen LogP) is 2.86. The SMILES string of the molecule is CCN(CC)C(CNC(=O)c1ccc(N)c([N+](=O)[O-])c1)Cc1ccccc1. The molecule has 0 aliphatic carbocycles. The molecule has 0 bridgehead atoms. The monoisotopic (exact) mass is 370 g/mol. The van der Waals surface area contributed by atoms with E-state index in [4.69, 9.17) is 5.73 Å². The van der Waals surface area contributed by atoms with Crippen LogP contribution >= 0.6 is 0 Å². The summed E-state index contributed by atoms with van der Waals surface area (Å²) in [5, 5.41) is 13.9. The molecule has 0 saturated carbocycles. The van der Waals surface area contributed by atoms with Gasteiger partial charge in [0.2, 0.25) is 0 Å². The molecular formula is C20H26N4O3. The molecule has 0 spiro atoms. The summed E-state index contributed by atoms with van der Waals surface area (Å²) >= 11 is 0. The first kappa shape index (κ1) is 20.4. The molecule has 2 aromatic rings. The van der Waals surface area contributed by atoms with Crippen LogP contribution in [0.3, 0.4) is 0 Å². The molecule has 7 nitrogen and oxygen atoms in total. The van der Waals surface area contributed by atoms with E-state index in [2.05, 4.69) is 36.2 Å². The number of hydrogen-bond acceptors (Lipinski definition) is 5. The predicted molar refractivity (Wildman–Crippen MR) is 107 cm³/mol. The van der Waals surface area contributed by atoms with Gasteiger partial charge in [-0.25, -0.2) is 0 Å². The van der Waals surface area contributed by atoms with Gasteiger partial charge in [-0.05, 0) is 37.2 Å². The zero-order valence-electron chi connectivity index (χ0n) is 15.7. The van der Waals surface area contributed by atoms with Crippen LogP contribution in [0.15, 0.2) is 48.5 Å². The second-order valence-electron chi connectivity index (χ2n) is 6.31. The summed E-state index contributed by atoms with van der Waals surface area (Å²) in [6, 6.07) is 14.4. The van der Waals surface area contributed by atoms with Crippen LogP contribution in [-0.4, -0.2) is 41.4 Å². The summed E-state index contributed by atoms with van der Waals surface area (Å²) in [7, 11) is 0. The fraction of sp³-hybridized carbons (Fsp3) is 0.350. The Hall–Kier alpha value is -2.93. The van der Waals surface area contributed by atoms with E-state index in [0.29, 0.717) is 6.54 Å². The van der Waals surface area contributed by atoms with Crippen LogP contribution in [0.25, 0.3) is 0 Å². The molecular weight excluding hydrogens is 344 g/mol. The highest BCUT2D eigenvalue weighted by Crippen LogP contribution is 2.22. The topological polar surface area (TPSA) is 102 Å². The van der Waals surface area contributed by atoms with Gasteiger partial charge in [0.1, 0.15) is 5.69 Å². The van der Waals surface area contributed by atoms with E-state index < -0.39 is 4.92 Å². The molecule has 2 rings (SSSR count). The lowest BCUT2D eigenvalue weighted by Gasteiger charge is -2.30. The van der Waals surface area contributed by atoms with Gasteiger partial charge in [0, 0.05) is 24.2 Å². The molecule has 144 valence electrons. The standard InChI is InChI=1S/C20H26N4O3/c1-3-23(4-2)17(12-15-8-6-5-7-9-15)14-22-20(25)16-10-11-18(21)19(13-16)24(26)27/h5-11,13,17H,3-4,12,14,21H2,1-2H3,(H,22,25). The fourth-order valence-corrected chi connectivity index (χ4v) is 3.11. The molecule has 0 saturated heterocycles. The first-order chi connectivity index (χ1) is 13.0. The van der Waals surface area contributed by atoms with Crippen LogP contribution < -0.4 is 11.1 Å². The lowest BCUT2D eigenvalue weighted by Crippen LogP contribution is -2.45. The Morgan fingerprint density at radius 2 is 1.85 bits per heavy atom. The Bertz CT molecular complexity index is 776. The average Bonchev–Trinajstić information content (AvgIpc) is 2.67. The molecule has 0 fully saturated rings. The van der Waals surface area contributed by atoms with E-state index in [-0.39, 0.29) is 28.9 Å². The van der Waals surface area contributed by atoms with E-state index in [0.717, 1.165) is 19.5 Å². The van der Waals surface area contributed by atoms with E-state index in [9.17, 15) is 14.9 Å². The molecule has 0 aromatic heterocycles. The summed E-state index contributed by atoms with van der Waals surface area (Å²) in [5.74, 6) is -0.344. The van der Waals surface area contributed by atoms with Crippen molar-refractivity contribution in [2.24, 2.45) is 0 Å². The largest absolute Gasteiger partial charge is 0.393 e. The number of benzene rings is 2. The fourth-order valence-electron chi connectivity index (χ4n) is 3.11. The Morgan fingerprint density at radius 1 is 1.19 bits per heavy atom. The number of carbonyl (C=O) groups is 1. The normalized spacial score (nSPS) is 12.0. The van der Waals surface area contributed by atoms with Crippen molar-refractivity contribution in [1.29, 1.82) is 0 Å². The number of likely N-dealkylation sites (N-methyl/N-ethyl adjacent to an activating group) is 1. The molecule has 0 aliphatic heterocycles. The minimum absolute atomic E-state index is 0.0432. The zero-order valence-corrected chi connectivity index (χ0v) is 15.7. The van der Waals surface area contributed by atoms with Crippen LogP contribution in [0.4, 0.5) is 11.4 Å². The molecule has 0 heterocycles. The number of nitro benzene ring substituents is 1. The van der Waals surface area contributed by atoms with Crippen molar-refractivity contribution < 1.29 is 9.72 Å². The number of carbonyl (C=O) groups excluding carboxylic acids is 1. The minimum atomic E-state index is -0.583. The van der Waals surface area contributed by atoms with Crippen molar-refractivity contribution in [2.75, 3.05) is 25.4 Å². The lowest BCUT2D eigenvalue weighted by molar-refractivity contribution is -0.383. The van der Waals surface area contributed by atoms with Crippen LogP contribution in [0, 0.1) is 10.1 Å². The smallest absolute Gasteiger partial charge is 0.292 e. The molecule has 0 aliphatic rings. The van der Waals surface area contributed by atoms with Crippen molar-refractivity contribution in [3.05, 3.63) is 69.8 Å². The second kappa shape index (κ2) is 9.68. The van der Waals surface area contributed by atoms with Crippen LogP contribution in [-0.2, 0) is 6.42 Å². The highest BCUT2D eigenvalue weighted by atomic mass is 16.6. The number of nitrogens with two attached hydrogens (primary N) is 1. The average molecular weight is 370 g/mol. The van der Waals surface area contributed by atoms with Crippen molar-refractivity contribution >= 4 is 17.3 Å². The number of amides is 1. The number of anilines is 1. The molecule has 2 aromatic carbocycles. The second-order valence-corrected chi connectivity index (χ2v) is 6.31. The van der Waals surface area contributed by atoms with Crippen LogP contribution in [0.5, 0.6) is 0 Å². The van der Waals surface area contributed by atoms with Gasteiger partial charge in [-0.3, -0.25) is 19.8 Å². The van der Waals surface area contributed by atoms with E-state index >= 15 is 0 Å². The van der Waals surface area contributed by atoms with Crippen molar-refractivity contribution in [1.82, 2.24) is 10.2 Å². The number of nitrogens with one attached hydrogen (secondary N) is 1. The third kappa shape index (κ3) is 5.52. The Balaban J connectivity index is 2.10. The van der Waals surface area contributed by atoms with Crippen LogP contribution in [0.1, 0.15) is 29.8 Å². The Labute approximate surface area is 159 Å². The third-order valence-corrected chi connectivity index (χ3v) is 4.63. The molecule has 3 N–H and O–H groups in total. The third-order valence-electron chi connectivity index (χ3n) is 4.63. The van der Waals surface area contributed by atoms with E-state index in [1.54, 1.807) is 0 Å². The van der Waals surface area contributed by atoms with Gasteiger partial charge < -0.3 is 11.1 Å². The summed E-state index contributed by atoms with van der Waals surface area (Å²) in [4.78, 5) is 25.2. The van der Waals surface area contributed by atoms with Gasteiger partial charge >= 0.3 is 0 Å². The van der Waals surface area contributed by atoms with Gasteiger partial charge in [-0.1, -0.05) is 44.2 Å². The molecule has 1 unspecified atom stereocenters. The van der Waals surface area contributed by atoms with Gasteiger partial charge in [-0.15, -0.1) is 0 Å². The zero-order chi connectivity index (χ0) is 19.8. The first-order valence-electron chi connectivity index (χ1n) is 9.06. The number of nitrogens with zero attached hydrogens (tertiary/aromatic N) is 2. The molecule has 7 heteroatoms.